The predicted octanol–water partition coefficient (Wildman–Crippen LogP) is 3.36. The third kappa shape index (κ3) is 2.50. The maximum Gasteiger partial charge on any atom is 0.254 e. The van der Waals surface area contributed by atoms with E-state index < -0.39 is 0 Å². The zero-order valence-corrected chi connectivity index (χ0v) is 14.0. The molecule has 2 heterocycles. The monoisotopic (exact) mass is 336 g/mol. The molecule has 4 rings (SSSR count). The van der Waals surface area contributed by atoms with Crippen LogP contribution in [0.15, 0.2) is 42.5 Å². The molecule has 1 aromatic heterocycles. The van der Waals surface area contributed by atoms with Gasteiger partial charge < -0.3 is 4.90 Å². The van der Waals surface area contributed by atoms with Gasteiger partial charge in [-0.15, -0.1) is 5.10 Å². The number of benzene rings is 2. The van der Waals surface area contributed by atoms with Crippen molar-refractivity contribution in [1.82, 2.24) is 19.9 Å². The molecule has 0 N–H and O–H groups in total. The van der Waals surface area contributed by atoms with Crippen LogP contribution in [0.1, 0.15) is 28.5 Å². The normalized spacial score (nSPS) is 13.4. The molecule has 1 amide bonds. The van der Waals surface area contributed by atoms with Gasteiger partial charge in [-0.1, -0.05) is 11.3 Å². The summed E-state index contributed by atoms with van der Waals surface area (Å²) in [5.41, 5.74) is 5.08. The standard InChI is InChI=1S/C19H17FN4O/c1-3-23-11-14-10-13(4-9-17(14)19(23)25)18-12(2)24(22-21-18)16-7-5-15(20)6-8-16/h4-10H,3,11H2,1-2H3. The largest absolute Gasteiger partial charge is 0.335 e. The van der Waals surface area contributed by atoms with Crippen LogP contribution in [0.5, 0.6) is 0 Å². The quantitative estimate of drug-likeness (QED) is 0.737. The van der Waals surface area contributed by atoms with E-state index in [1.165, 1.54) is 12.1 Å². The molecule has 0 spiro atoms. The zero-order valence-electron chi connectivity index (χ0n) is 14.0. The molecule has 1 aliphatic rings. The molecule has 25 heavy (non-hydrogen) atoms. The fraction of sp³-hybridized carbons (Fsp3) is 0.211. The van der Waals surface area contributed by atoms with Gasteiger partial charge in [0.15, 0.2) is 0 Å². The van der Waals surface area contributed by atoms with E-state index in [4.69, 9.17) is 0 Å². The lowest BCUT2D eigenvalue weighted by atomic mass is 10.0. The first-order chi connectivity index (χ1) is 12.1. The van der Waals surface area contributed by atoms with Gasteiger partial charge in [0.05, 0.1) is 11.4 Å². The summed E-state index contributed by atoms with van der Waals surface area (Å²) in [5, 5.41) is 8.49. The molecular formula is C19H17FN4O. The molecule has 0 aliphatic carbocycles. The summed E-state index contributed by atoms with van der Waals surface area (Å²) in [4.78, 5) is 14.0. The molecule has 0 atom stereocenters. The molecule has 0 saturated carbocycles. The van der Waals surface area contributed by atoms with Crippen LogP contribution >= 0.6 is 0 Å². The second-order valence-corrected chi connectivity index (χ2v) is 6.10. The van der Waals surface area contributed by atoms with Crippen molar-refractivity contribution in [2.24, 2.45) is 0 Å². The van der Waals surface area contributed by atoms with E-state index in [0.717, 1.165) is 33.8 Å². The van der Waals surface area contributed by atoms with Crippen molar-refractivity contribution < 1.29 is 9.18 Å². The minimum Gasteiger partial charge on any atom is -0.335 e. The van der Waals surface area contributed by atoms with E-state index in [1.54, 1.807) is 16.8 Å². The number of aromatic nitrogens is 3. The minimum absolute atomic E-state index is 0.0794. The summed E-state index contributed by atoms with van der Waals surface area (Å²) in [7, 11) is 0. The summed E-state index contributed by atoms with van der Waals surface area (Å²) in [5.74, 6) is -0.207. The highest BCUT2D eigenvalue weighted by atomic mass is 19.1. The van der Waals surface area contributed by atoms with Crippen LogP contribution in [-0.2, 0) is 6.54 Å². The van der Waals surface area contributed by atoms with E-state index in [1.807, 2.05) is 36.9 Å². The number of halogens is 1. The van der Waals surface area contributed by atoms with Crippen LogP contribution in [0.3, 0.4) is 0 Å². The average molecular weight is 336 g/mol. The Labute approximate surface area is 144 Å². The van der Waals surface area contributed by atoms with Crippen molar-refractivity contribution >= 4 is 5.91 Å². The van der Waals surface area contributed by atoms with Crippen molar-refractivity contribution in [2.45, 2.75) is 20.4 Å². The molecule has 0 saturated heterocycles. The SMILES string of the molecule is CCN1Cc2cc(-c3nnn(-c4ccc(F)cc4)c3C)ccc2C1=O. The number of hydrogen-bond acceptors (Lipinski definition) is 3. The van der Waals surface area contributed by atoms with E-state index in [0.29, 0.717) is 13.1 Å². The molecule has 0 unspecified atom stereocenters. The summed E-state index contributed by atoms with van der Waals surface area (Å²) in [6.45, 7) is 5.23. The van der Waals surface area contributed by atoms with Crippen molar-refractivity contribution in [3.05, 3.63) is 65.1 Å². The van der Waals surface area contributed by atoms with Crippen molar-refractivity contribution in [2.75, 3.05) is 6.54 Å². The van der Waals surface area contributed by atoms with Gasteiger partial charge in [-0.2, -0.15) is 0 Å². The van der Waals surface area contributed by atoms with Gasteiger partial charge in [-0.05, 0) is 55.8 Å². The molecule has 0 bridgehead atoms. The van der Waals surface area contributed by atoms with Gasteiger partial charge in [0.1, 0.15) is 11.5 Å². The lowest BCUT2D eigenvalue weighted by molar-refractivity contribution is 0.0787. The van der Waals surface area contributed by atoms with Crippen LogP contribution in [0.2, 0.25) is 0 Å². The van der Waals surface area contributed by atoms with E-state index >= 15 is 0 Å². The van der Waals surface area contributed by atoms with Gasteiger partial charge in [-0.3, -0.25) is 4.79 Å². The number of hydrogen-bond donors (Lipinski definition) is 0. The van der Waals surface area contributed by atoms with E-state index in [2.05, 4.69) is 10.3 Å². The molecule has 126 valence electrons. The van der Waals surface area contributed by atoms with Gasteiger partial charge in [0.25, 0.3) is 5.91 Å². The first-order valence-electron chi connectivity index (χ1n) is 8.19. The smallest absolute Gasteiger partial charge is 0.254 e. The molecule has 6 heteroatoms. The van der Waals surface area contributed by atoms with Gasteiger partial charge in [-0.25, -0.2) is 9.07 Å². The maximum atomic E-state index is 13.1. The molecule has 0 radical (unpaired) electrons. The van der Waals surface area contributed by atoms with Crippen molar-refractivity contribution in [1.29, 1.82) is 0 Å². The third-order valence-electron chi connectivity index (χ3n) is 4.60. The molecule has 2 aromatic carbocycles. The Bertz CT molecular complexity index is 962. The van der Waals surface area contributed by atoms with Crippen LogP contribution in [0.4, 0.5) is 4.39 Å². The number of amides is 1. The van der Waals surface area contributed by atoms with Gasteiger partial charge in [0.2, 0.25) is 0 Å². The average Bonchev–Trinajstić information content (AvgIpc) is 3.15. The van der Waals surface area contributed by atoms with Gasteiger partial charge >= 0.3 is 0 Å². The van der Waals surface area contributed by atoms with Crippen molar-refractivity contribution in [3.63, 3.8) is 0 Å². The van der Waals surface area contributed by atoms with Gasteiger partial charge in [0, 0.05) is 24.2 Å². The Morgan fingerprint density at radius 1 is 1.16 bits per heavy atom. The van der Waals surface area contributed by atoms with Crippen molar-refractivity contribution in [3.8, 4) is 16.9 Å². The fourth-order valence-electron chi connectivity index (χ4n) is 3.21. The number of nitrogens with zero attached hydrogens (tertiary/aromatic N) is 4. The second kappa shape index (κ2) is 5.81. The summed E-state index contributed by atoms with van der Waals surface area (Å²) >= 11 is 0. The Morgan fingerprint density at radius 3 is 2.64 bits per heavy atom. The Kier molecular flexibility index (Phi) is 3.60. The predicted molar refractivity (Wildman–Crippen MR) is 91.9 cm³/mol. The van der Waals surface area contributed by atoms with Crippen LogP contribution in [0, 0.1) is 12.7 Å². The third-order valence-corrected chi connectivity index (χ3v) is 4.60. The zero-order chi connectivity index (χ0) is 17.6. The Morgan fingerprint density at radius 2 is 1.92 bits per heavy atom. The number of carbonyl (C=O) groups is 1. The molecule has 0 fully saturated rings. The molecule has 3 aromatic rings. The number of fused-ring (bicyclic) bond motifs is 1. The maximum absolute atomic E-state index is 13.1. The van der Waals surface area contributed by atoms with E-state index in [9.17, 15) is 9.18 Å². The lowest BCUT2D eigenvalue weighted by Crippen LogP contribution is -2.22. The van der Waals surface area contributed by atoms with E-state index in [-0.39, 0.29) is 11.7 Å². The molecule has 1 aliphatic heterocycles. The Hall–Kier alpha value is -3.02. The fourth-order valence-corrected chi connectivity index (χ4v) is 3.21. The molecular weight excluding hydrogens is 319 g/mol. The number of carbonyl (C=O) groups excluding carboxylic acids is 1. The highest BCUT2D eigenvalue weighted by Gasteiger charge is 2.26. The summed E-state index contributed by atoms with van der Waals surface area (Å²) in [6, 6.07) is 11.9. The topological polar surface area (TPSA) is 51.0 Å². The summed E-state index contributed by atoms with van der Waals surface area (Å²) < 4.78 is 14.8. The highest BCUT2D eigenvalue weighted by molar-refractivity contribution is 5.98. The highest BCUT2D eigenvalue weighted by Crippen LogP contribution is 2.29. The first kappa shape index (κ1) is 15.5. The first-order valence-corrected chi connectivity index (χ1v) is 8.19. The lowest BCUT2D eigenvalue weighted by Gasteiger charge is -2.10. The Balaban J connectivity index is 1.73. The van der Waals surface area contributed by atoms with Crippen LogP contribution < -0.4 is 0 Å². The minimum atomic E-state index is -0.287. The van der Waals surface area contributed by atoms with Crippen LogP contribution in [-0.4, -0.2) is 32.3 Å². The molecule has 5 nitrogen and oxygen atoms in total. The van der Waals surface area contributed by atoms with Crippen LogP contribution in [0.25, 0.3) is 16.9 Å². The number of rotatable bonds is 3. The summed E-state index contributed by atoms with van der Waals surface area (Å²) in [6.07, 6.45) is 0. The second-order valence-electron chi connectivity index (χ2n) is 6.10.